The summed E-state index contributed by atoms with van der Waals surface area (Å²) in [4.78, 5) is 4.35. The third-order valence-corrected chi connectivity index (χ3v) is 3.44. The molecule has 0 amide bonds. The molecule has 2 rings (SSSR count). The van der Waals surface area contributed by atoms with Crippen LogP contribution in [0.2, 0.25) is 0 Å². The molecule has 0 spiro atoms. The molecule has 0 radical (unpaired) electrons. The van der Waals surface area contributed by atoms with Gasteiger partial charge in [-0.05, 0) is 37.1 Å². The highest BCUT2D eigenvalue weighted by Gasteiger charge is 2.03. The van der Waals surface area contributed by atoms with Gasteiger partial charge >= 0.3 is 0 Å². The number of halogens is 1. The number of hydrogen-bond acceptors (Lipinski definition) is 3. The van der Waals surface area contributed by atoms with Crippen LogP contribution in [0.4, 0.5) is 0 Å². The number of thiazole rings is 1. The number of alkyl halides is 1. The van der Waals surface area contributed by atoms with E-state index >= 15 is 0 Å². The summed E-state index contributed by atoms with van der Waals surface area (Å²) in [7, 11) is 0. The minimum absolute atomic E-state index is 0.458. The lowest BCUT2D eigenvalue weighted by Gasteiger charge is -2.06. The summed E-state index contributed by atoms with van der Waals surface area (Å²) >= 11 is 7.28. The quantitative estimate of drug-likeness (QED) is 0.779. The van der Waals surface area contributed by atoms with Gasteiger partial charge in [0, 0.05) is 5.38 Å². The van der Waals surface area contributed by atoms with Crippen LogP contribution in [0, 0.1) is 13.8 Å². The zero-order valence-corrected chi connectivity index (χ0v) is 11.4. The lowest BCUT2D eigenvalue weighted by atomic mass is 10.1. The Morgan fingerprint density at radius 3 is 2.53 bits per heavy atom. The van der Waals surface area contributed by atoms with Crippen molar-refractivity contribution in [3.05, 3.63) is 45.4 Å². The molecule has 17 heavy (non-hydrogen) atoms. The van der Waals surface area contributed by atoms with Crippen LogP contribution in [0.3, 0.4) is 0 Å². The lowest BCUT2D eigenvalue weighted by Crippen LogP contribution is -1.96. The molecule has 0 saturated carbocycles. The maximum Gasteiger partial charge on any atom is 0.140 e. The Balaban J connectivity index is 2.01. The average molecular weight is 268 g/mol. The van der Waals surface area contributed by atoms with Gasteiger partial charge in [-0.25, -0.2) is 4.98 Å². The number of nitrogens with zero attached hydrogens (tertiary/aromatic N) is 1. The first kappa shape index (κ1) is 12.4. The van der Waals surface area contributed by atoms with Crippen molar-refractivity contribution in [2.45, 2.75) is 26.3 Å². The van der Waals surface area contributed by atoms with Crippen LogP contribution in [0.25, 0.3) is 0 Å². The van der Waals surface area contributed by atoms with Crippen LogP contribution >= 0.6 is 22.9 Å². The van der Waals surface area contributed by atoms with E-state index in [-0.39, 0.29) is 0 Å². The highest BCUT2D eigenvalue weighted by molar-refractivity contribution is 7.09. The van der Waals surface area contributed by atoms with Gasteiger partial charge in [0.25, 0.3) is 0 Å². The fourth-order valence-corrected chi connectivity index (χ4v) is 2.57. The maximum absolute atomic E-state index is 5.72. The summed E-state index contributed by atoms with van der Waals surface area (Å²) in [5.41, 5.74) is 3.33. The Bertz CT molecular complexity index is 490. The summed E-state index contributed by atoms with van der Waals surface area (Å²) < 4.78 is 5.72. The van der Waals surface area contributed by atoms with Crippen molar-refractivity contribution in [2.24, 2.45) is 0 Å². The third-order valence-electron chi connectivity index (χ3n) is 2.29. The van der Waals surface area contributed by atoms with Crippen molar-refractivity contribution in [2.75, 3.05) is 0 Å². The Morgan fingerprint density at radius 1 is 1.24 bits per heavy atom. The second-order valence-corrected chi connectivity index (χ2v) is 5.19. The summed E-state index contributed by atoms with van der Waals surface area (Å²) in [5, 5.41) is 2.92. The molecule has 0 saturated heterocycles. The third kappa shape index (κ3) is 3.45. The molecule has 0 fully saturated rings. The zero-order valence-electron chi connectivity index (χ0n) is 9.87. The fourth-order valence-electron chi connectivity index (χ4n) is 1.64. The molecule has 90 valence electrons. The van der Waals surface area contributed by atoms with E-state index < -0.39 is 0 Å². The molecular weight excluding hydrogens is 254 g/mol. The van der Waals surface area contributed by atoms with E-state index in [9.17, 15) is 0 Å². The van der Waals surface area contributed by atoms with Crippen molar-refractivity contribution in [1.82, 2.24) is 4.98 Å². The molecule has 1 aromatic heterocycles. The lowest BCUT2D eigenvalue weighted by molar-refractivity contribution is 0.305. The van der Waals surface area contributed by atoms with Gasteiger partial charge in [-0.3, -0.25) is 0 Å². The number of hydrogen-bond donors (Lipinski definition) is 0. The normalized spacial score (nSPS) is 10.5. The van der Waals surface area contributed by atoms with E-state index in [1.54, 1.807) is 11.3 Å². The predicted molar refractivity (Wildman–Crippen MR) is 71.9 cm³/mol. The van der Waals surface area contributed by atoms with Crippen molar-refractivity contribution in [3.63, 3.8) is 0 Å². The Labute approximate surface area is 110 Å². The molecule has 1 heterocycles. The summed E-state index contributed by atoms with van der Waals surface area (Å²) in [6, 6.07) is 6.19. The molecule has 0 bridgehead atoms. The smallest absolute Gasteiger partial charge is 0.140 e. The molecule has 2 aromatic rings. The fraction of sp³-hybridized carbons (Fsp3) is 0.308. The molecule has 4 heteroatoms. The minimum atomic E-state index is 0.458. The first-order valence-electron chi connectivity index (χ1n) is 5.37. The number of ether oxygens (including phenoxy) is 1. The SMILES string of the molecule is Cc1cc(C)cc(OCc2nc(CCl)cs2)c1. The zero-order chi connectivity index (χ0) is 12.3. The van der Waals surface area contributed by atoms with Crippen LogP contribution in [0.15, 0.2) is 23.6 Å². The van der Waals surface area contributed by atoms with Gasteiger partial charge in [-0.1, -0.05) is 6.07 Å². The van der Waals surface area contributed by atoms with E-state index in [2.05, 4.69) is 24.9 Å². The maximum atomic E-state index is 5.72. The summed E-state index contributed by atoms with van der Waals surface area (Å²) in [6.07, 6.45) is 0. The van der Waals surface area contributed by atoms with E-state index in [1.807, 2.05) is 17.5 Å². The van der Waals surface area contributed by atoms with Gasteiger partial charge in [0.2, 0.25) is 0 Å². The molecule has 0 unspecified atom stereocenters. The Hall–Kier alpha value is -1.06. The van der Waals surface area contributed by atoms with E-state index in [1.165, 1.54) is 11.1 Å². The van der Waals surface area contributed by atoms with Crippen molar-refractivity contribution in [3.8, 4) is 5.75 Å². The Morgan fingerprint density at radius 2 is 1.94 bits per heavy atom. The highest BCUT2D eigenvalue weighted by Crippen LogP contribution is 2.19. The molecule has 0 aliphatic rings. The van der Waals surface area contributed by atoms with E-state index in [0.29, 0.717) is 12.5 Å². The largest absolute Gasteiger partial charge is 0.486 e. The molecule has 0 aliphatic heterocycles. The van der Waals surface area contributed by atoms with Gasteiger partial charge in [0.1, 0.15) is 17.4 Å². The molecular formula is C13H14ClNOS. The van der Waals surface area contributed by atoms with Crippen molar-refractivity contribution >= 4 is 22.9 Å². The molecule has 2 nitrogen and oxygen atoms in total. The first-order valence-corrected chi connectivity index (χ1v) is 6.79. The second-order valence-electron chi connectivity index (χ2n) is 3.98. The number of rotatable bonds is 4. The summed E-state index contributed by atoms with van der Waals surface area (Å²) in [5.74, 6) is 1.35. The van der Waals surface area contributed by atoms with E-state index in [4.69, 9.17) is 16.3 Å². The second kappa shape index (κ2) is 5.52. The van der Waals surface area contributed by atoms with Crippen molar-refractivity contribution < 1.29 is 4.74 Å². The van der Waals surface area contributed by atoms with Gasteiger partial charge in [-0.15, -0.1) is 22.9 Å². The van der Waals surface area contributed by atoms with Gasteiger partial charge in [0.15, 0.2) is 0 Å². The number of benzene rings is 1. The monoisotopic (exact) mass is 267 g/mol. The van der Waals surface area contributed by atoms with Crippen LogP contribution in [-0.4, -0.2) is 4.98 Å². The van der Waals surface area contributed by atoms with Gasteiger partial charge in [-0.2, -0.15) is 0 Å². The standard InChI is InChI=1S/C13H14ClNOS/c1-9-3-10(2)5-12(4-9)16-7-13-15-11(6-14)8-17-13/h3-5,8H,6-7H2,1-2H3. The van der Waals surface area contributed by atoms with E-state index in [0.717, 1.165) is 16.5 Å². The minimum Gasteiger partial charge on any atom is -0.486 e. The topological polar surface area (TPSA) is 22.1 Å². The molecule has 1 aromatic carbocycles. The number of aromatic nitrogens is 1. The van der Waals surface area contributed by atoms with Crippen LogP contribution in [0.1, 0.15) is 21.8 Å². The molecule has 0 atom stereocenters. The van der Waals surface area contributed by atoms with Gasteiger partial charge < -0.3 is 4.74 Å². The first-order chi connectivity index (χ1) is 8.17. The Kier molecular flexibility index (Phi) is 4.02. The van der Waals surface area contributed by atoms with Crippen molar-refractivity contribution in [1.29, 1.82) is 0 Å². The number of aryl methyl sites for hydroxylation is 2. The summed E-state index contributed by atoms with van der Waals surface area (Å²) in [6.45, 7) is 4.63. The predicted octanol–water partition coefficient (Wildman–Crippen LogP) is 4.08. The van der Waals surface area contributed by atoms with Crippen LogP contribution < -0.4 is 4.74 Å². The molecule has 0 N–H and O–H groups in total. The van der Waals surface area contributed by atoms with Crippen LogP contribution in [0.5, 0.6) is 5.75 Å². The molecule has 0 aliphatic carbocycles. The van der Waals surface area contributed by atoms with Crippen LogP contribution in [-0.2, 0) is 12.5 Å². The highest BCUT2D eigenvalue weighted by atomic mass is 35.5. The average Bonchev–Trinajstić information content (AvgIpc) is 2.73. The van der Waals surface area contributed by atoms with Gasteiger partial charge in [0.05, 0.1) is 11.6 Å².